The van der Waals surface area contributed by atoms with Gasteiger partial charge >= 0.3 is 0 Å². The average Bonchev–Trinajstić information content (AvgIpc) is 3.07. The smallest absolute Gasteiger partial charge is 0.193 e. The summed E-state index contributed by atoms with van der Waals surface area (Å²) in [5.41, 5.74) is 2.16. The van der Waals surface area contributed by atoms with Crippen LogP contribution in [0.25, 0.3) is 11.0 Å². The van der Waals surface area contributed by atoms with Crippen molar-refractivity contribution in [2.45, 2.75) is 38.4 Å². The van der Waals surface area contributed by atoms with Crippen LogP contribution in [0.1, 0.15) is 32.5 Å². The molecule has 1 aliphatic rings. The van der Waals surface area contributed by atoms with Crippen LogP contribution in [0.4, 0.5) is 0 Å². The Labute approximate surface area is 154 Å². The molecule has 0 bridgehead atoms. The third-order valence-corrected chi connectivity index (χ3v) is 5.87. The van der Waals surface area contributed by atoms with E-state index in [1.54, 1.807) is 0 Å². The molecular weight excluding hydrogens is 330 g/mol. The highest BCUT2D eigenvalue weighted by Gasteiger charge is 2.21. The van der Waals surface area contributed by atoms with Gasteiger partial charge in [0.2, 0.25) is 0 Å². The molecule has 0 aliphatic carbocycles. The molecule has 0 radical (unpaired) electrons. The number of aromatic nitrogens is 2. The summed E-state index contributed by atoms with van der Waals surface area (Å²) < 4.78 is 0. The number of thioether (sulfide) groups is 1. The molecule has 2 aromatic rings. The number of rotatable bonds is 6. The lowest BCUT2D eigenvalue weighted by Crippen LogP contribution is -2.48. The first-order chi connectivity index (χ1) is 12.3. The van der Waals surface area contributed by atoms with Gasteiger partial charge in [0.05, 0.1) is 11.0 Å². The molecule has 0 saturated carbocycles. The van der Waals surface area contributed by atoms with Gasteiger partial charge in [-0.05, 0) is 31.9 Å². The first-order valence-electron chi connectivity index (χ1n) is 9.38. The third-order valence-electron chi connectivity index (χ3n) is 4.50. The second-order valence-electron chi connectivity index (χ2n) is 6.39. The van der Waals surface area contributed by atoms with E-state index in [9.17, 15) is 0 Å². The molecule has 1 unspecified atom stereocenters. The van der Waals surface area contributed by atoms with Crippen LogP contribution in [0, 0.1) is 0 Å². The highest BCUT2D eigenvalue weighted by atomic mass is 32.2. The Morgan fingerprint density at radius 2 is 2.28 bits per heavy atom. The largest absolute Gasteiger partial charge is 0.357 e. The maximum Gasteiger partial charge on any atom is 0.193 e. The van der Waals surface area contributed by atoms with Crippen molar-refractivity contribution in [3.05, 3.63) is 30.1 Å². The Morgan fingerprint density at radius 1 is 1.40 bits per heavy atom. The highest BCUT2D eigenvalue weighted by Crippen LogP contribution is 2.21. The summed E-state index contributed by atoms with van der Waals surface area (Å²) in [6, 6.07) is 8.19. The molecule has 5 nitrogen and oxygen atoms in total. The molecular formula is C19H29N5S. The molecule has 6 heteroatoms. The molecule has 0 amide bonds. The van der Waals surface area contributed by atoms with Crippen molar-refractivity contribution in [2.75, 3.05) is 31.9 Å². The monoisotopic (exact) mass is 359 g/mol. The van der Waals surface area contributed by atoms with E-state index in [0.717, 1.165) is 67.1 Å². The first kappa shape index (κ1) is 18.1. The number of para-hydroxylation sites is 2. The van der Waals surface area contributed by atoms with Gasteiger partial charge in [-0.3, -0.25) is 4.99 Å². The molecule has 3 rings (SSSR count). The number of benzene rings is 1. The van der Waals surface area contributed by atoms with Crippen molar-refractivity contribution in [1.82, 2.24) is 20.2 Å². The van der Waals surface area contributed by atoms with Gasteiger partial charge in [-0.15, -0.1) is 0 Å². The summed E-state index contributed by atoms with van der Waals surface area (Å²) in [5.74, 6) is 3.33. The van der Waals surface area contributed by atoms with Crippen molar-refractivity contribution >= 4 is 28.8 Å². The van der Waals surface area contributed by atoms with Crippen LogP contribution < -0.4 is 5.32 Å². The Kier molecular flexibility index (Phi) is 6.62. The summed E-state index contributed by atoms with van der Waals surface area (Å²) in [6.07, 6.45) is 3.17. The minimum atomic E-state index is 0.730. The zero-order chi connectivity index (χ0) is 17.5. The molecule has 1 saturated heterocycles. The van der Waals surface area contributed by atoms with Gasteiger partial charge in [-0.1, -0.05) is 19.1 Å². The quantitative estimate of drug-likeness (QED) is 0.472. The topological polar surface area (TPSA) is 56.3 Å². The molecule has 1 aliphatic heterocycles. The maximum absolute atomic E-state index is 4.86. The SMILES string of the molecule is CCNC(=NCCCc1nc2ccccc2[nH]1)N1CCSC(CC)C1. The lowest BCUT2D eigenvalue weighted by atomic mass is 10.3. The van der Waals surface area contributed by atoms with Crippen molar-refractivity contribution in [3.8, 4) is 0 Å². The number of aryl methyl sites for hydroxylation is 1. The number of nitrogens with zero attached hydrogens (tertiary/aromatic N) is 3. The zero-order valence-electron chi connectivity index (χ0n) is 15.3. The number of imidazole rings is 1. The predicted molar refractivity (Wildman–Crippen MR) is 109 cm³/mol. The molecule has 25 heavy (non-hydrogen) atoms. The first-order valence-corrected chi connectivity index (χ1v) is 10.4. The van der Waals surface area contributed by atoms with Crippen LogP contribution in [0.5, 0.6) is 0 Å². The normalized spacial score (nSPS) is 18.7. The van der Waals surface area contributed by atoms with Crippen molar-refractivity contribution < 1.29 is 0 Å². The number of hydrogen-bond acceptors (Lipinski definition) is 3. The summed E-state index contributed by atoms with van der Waals surface area (Å²) in [6.45, 7) is 8.37. The van der Waals surface area contributed by atoms with Gasteiger partial charge in [0.15, 0.2) is 5.96 Å². The van der Waals surface area contributed by atoms with Gasteiger partial charge < -0.3 is 15.2 Å². The third kappa shape index (κ3) is 4.91. The second kappa shape index (κ2) is 9.13. The van der Waals surface area contributed by atoms with Gasteiger partial charge in [-0.2, -0.15) is 11.8 Å². The number of guanidine groups is 1. The Bertz CT molecular complexity index is 663. The van der Waals surface area contributed by atoms with Crippen LogP contribution in [-0.2, 0) is 6.42 Å². The van der Waals surface area contributed by atoms with Gasteiger partial charge in [-0.25, -0.2) is 4.98 Å². The summed E-state index contributed by atoms with van der Waals surface area (Å²) in [5, 5.41) is 4.19. The summed E-state index contributed by atoms with van der Waals surface area (Å²) in [4.78, 5) is 15.3. The number of fused-ring (bicyclic) bond motifs is 1. The van der Waals surface area contributed by atoms with E-state index >= 15 is 0 Å². The lowest BCUT2D eigenvalue weighted by Gasteiger charge is -2.34. The fraction of sp³-hybridized carbons (Fsp3) is 0.579. The van der Waals surface area contributed by atoms with Gasteiger partial charge in [0.1, 0.15) is 5.82 Å². The van der Waals surface area contributed by atoms with E-state index < -0.39 is 0 Å². The molecule has 1 aromatic heterocycles. The highest BCUT2D eigenvalue weighted by molar-refractivity contribution is 8.00. The summed E-state index contributed by atoms with van der Waals surface area (Å²) in [7, 11) is 0. The number of hydrogen-bond donors (Lipinski definition) is 2. The second-order valence-corrected chi connectivity index (χ2v) is 7.80. The van der Waals surface area contributed by atoms with Crippen LogP contribution in [-0.4, -0.2) is 58.0 Å². The standard InChI is InChI=1S/C19H29N5S/c1-3-15-14-24(12-13-25-15)19(20-4-2)21-11-7-10-18-22-16-8-5-6-9-17(16)23-18/h5-6,8-9,15H,3-4,7,10-14H2,1-2H3,(H,20,21)(H,22,23). The van der Waals surface area contributed by atoms with E-state index in [-0.39, 0.29) is 0 Å². The predicted octanol–water partition coefficient (Wildman–Crippen LogP) is 3.29. The van der Waals surface area contributed by atoms with Crippen molar-refractivity contribution in [3.63, 3.8) is 0 Å². The Morgan fingerprint density at radius 3 is 3.08 bits per heavy atom. The number of aliphatic imine (C=N–C) groups is 1. The van der Waals surface area contributed by atoms with Crippen LogP contribution in [0.2, 0.25) is 0 Å². The van der Waals surface area contributed by atoms with E-state index in [1.165, 1.54) is 12.2 Å². The van der Waals surface area contributed by atoms with Crippen LogP contribution in [0.15, 0.2) is 29.3 Å². The molecule has 0 spiro atoms. The molecule has 2 heterocycles. The Balaban J connectivity index is 1.54. The number of nitrogens with one attached hydrogen (secondary N) is 2. The minimum Gasteiger partial charge on any atom is -0.357 e. The fourth-order valence-corrected chi connectivity index (χ4v) is 4.32. The molecule has 1 atom stereocenters. The van der Waals surface area contributed by atoms with E-state index in [4.69, 9.17) is 4.99 Å². The van der Waals surface area contributed by atoms with Crippen LogP contribution in [0.3, 0.4) is 0 Å². The number of aromatic amines is 1. The molecule has 1 fully saturated rings. The molecule has 136 valence electrons. The minimum absolute atomic E-state index is 0.730. The van der Waals surface area contributed by atoms with Gasteiger partial charge in [0.25, 0.3) is 0 Å². The maximum atomic E-state index is 4.86. The van der Waals surface area contributed by atoms with Crippen molar-refractivity contribution in [2.24, 2.45) is 4.99 Å². The van der Waals surface area contributed by atoms with E-state index in [0.29, 0.717) is 0 Å². The van der Waals surface area contributed by atoms with E-state index in [2.05, 4.69) is 57.9 Å². The molecule has 2 N–H and O–H groups in total. The summed E-state index contributed by atoms with van der Waals surface area (Å²) >= 11 is 2.09. The zero-order valence-corrected chi connectivity index (χ0v) is 16.1. The average molecular weight is 360 g/mol. The lowest BCUT2D eigenvalue weighted by molar-refractivity contribution is 0.408. The van der Waals surface area contributed by atoms with Crippen LogP contribution >= 0.6 is 11.8 Å². The van der Waals surface area contributed by atoms with Crippen molar-refractivity contribution in [1.29, 1.82) is 0 Å². The van der Waals surface area contributed by atoms with Gasteiger partial charge in [0, 0.05) is 43.6 Å². The fourth-order valence-electron chi connectivity index (χ4n) is 3.14. The van der Waals surface area contributed by atoms with E-state index in [1.807, 2.05) is 12.1 Å². The Hall–Kier alpha value is -1.69. The molecule has 1 aromatic carbocycles. The number of H-pyrrole nitrogens is 1.